The molecule has 1 aromatic rings. The second-order valence-electron chi connectivity index (χ2n) is 5.78. The van der Waals surface area contributed by atoms with Crippen LogP contribution in [-0.4, -0.2) is 58.8 Å². The van der Waals surface area contributed by atoms with Crippen molar-refractivity contribution < 1.29 is 23.8 Å². The summed E-state index contributed by atoms with van der Waals surface area (Å²) in [4.78, 5) is 1.55. The summed E-state index contributed by atoms with van der Waals surface area (Å²) in [5.74, 6) is 1.51. The van der Waals surface area contributed by atoms with Gasteiger partial charge in [0.1, 0.15) is 38.4 Å². The zero-order valence-electron chi connectivity index (χ0n) is 13.8. The summed E-state index contributed by atoms with van der Waals surface area (Å²) in [6.45, 7) is 9.29. The van der Waals surface area contributed by atoms with Crippen molar-refractivity contribution in [3.05, 3.63) is 24.3 Å². The van der Waals surface area contributed by atoms with Crippen molar-refractivity contribution in [2.45, 2.75) is 26.1 Å². The number of hydrogen-bond acceptors (Lipinski definition) is 4. The van der Waals surface area contributed by atoms with E-state index >= 15 is 0 Å². The van der Waals surface area contributed by atoms with E-state index in [1.165, 1.54) is 0 Å². The largest absolute Gasteiger partial charge is 0.493 e. The Kier molecular flexibility index (Phi) is 6.96. The lowest BCUT2D eigenvalue weighted by atomic mass is 10.2. The molecule has 1 aliphatic heterocycles. The van der Waals surface area contributed by atoms with E-state index in [1.807, 2.05) is 24.3 Å². The fourth-order valence-corrected chi connectivity index (χ4v) is 2.86. The molecule has 124 valence electrons. The zero-order chi connectivity index (χ0) is 15.8. The van der Waals surface area contributed by atoms with Crippen LogP contribution in [-0.2, 0) is 9.47 Å². The second-order valence-corrected chi connectivity index (χ2v) is 5.78. The number of nitrogens with one attached hydrogen (secondary N) is 1. The summed E-state index contributed by atoms with van der Waals surface area (Å²) in [7, 11) is 1.64. The quantitative estimate of drug-likeness (QED) is 0.721. The molecule has 0 radical (unpaired) electrons. The Morgan fingerprint density at radius 1 is 1.05 bits per heavy atom. The number of para-hydroxylation sites is 2. The van der Waals surface area contributed by atoms with E-state index < -0.39 is 0 Å². The van der Waals surface area contributed by atoms with Gasteiger partial charge in [0.25, 0.3) is 0 Å². The van der Waals surface area contributed by atoms with Crippen LogP contribution in [0.2, 0.25) is 0 Å². The van der Waals surface area contributed by atoms with Gasteiger partial charge >= 0.3 is 0 Å². The summed E-state index contributed by atoms with van der Waals surface area (Å²) in [6.07, 6.45) is 0.681. The number of benzene rings is 1. The van der Waals surface area contributed by atoms with Crippen molar-refractivity contribution in [1.29, 1.82) is 0 Å². The third-order valence-corrected chi connectivity index (χ3v) is 3.77. The van der Waals surface area contributed by atoms with Crippen molar-refractivity contribution in [3.63, 3.8) is 0 Å². The van der Waals surface area contributed by atoms with Crippen molar-refractivity contribution >= 4 is 0 Å². The first-order valence-corrected chi connectivity index (χ1v) is 8.01. The van der Waals surface area contributed by atoms with Gasteiger partial charge in [-0.2, -0.15) is 0 Å². The maximum atomic E-state index is 5.74. The lowest BCUT2D eigenvalue weighted by molar-refractivity contribution is -0.915. The van der Waals surface area contributed by atoms with Crippen LogP contribution in [0.15, 0.2) is 24.3 Å². The van der Waals surface area contributed by atoms with E-state index in [0.717, 1.165) is 37.7 Å². The normalized spacial score (nSPS) is 25.0. The lowest BCUT2D eigenvalue weighted by Crippen LogP contribution is -3.15. The van der Waals surface area contributed by atoms with Gasteiger partial charge < -0.3 is 23.8 Å². The van der Waals surface area contributed by atoms with Gasteiger partial charge in [-0.3, -0.25) is 0 Å². The number of morpholine rings is 1. The Hall–Kier alpha value is -1.30. The lowest BCUT2D eigenvalue weighted by Gasteiger charge is -2.32. The minimum Gasteiger partial charge on any atom is -0.493 e. The molecule has 0 unspecified atom stereocenters. The van der Waals surface area contributed by atoms with E-state index in [2.05, 4.69) is 13.8 Å². The molecule has 0 aliphatic carbocycles. The van der Waals surface area contributed by atoms with Gasteiger partial charge in [0.05, 0.1) is 20.3 Å². The van der Waals surface area contributed by atoms with E-state index in [-0.39, 0.29) is 0 Å². The summed E-state index contributed by atoms with van der Waals surface area (Å²) in [6, 6.07) is 7.65. The minimum absolute atomic E-state index is 0.340. The molecule has 2 rings (SSSR count). The van der Waals surface area contributed by atoms with Gasteiger partial charge in [0.2, 0.25) is 0 Å². The molecule has 1 aromatic carbocycles. The molecule has 0 amide bonds. The molecule has 1 saturated heterocycles. The van der Waals surface area contributed by atoms with Gasteiger partial charge in [0, 0.05) is 0 Å². The molecule has 5 nitrogen and oxygen atoms in total. The van der Waals surface area contributed by atoms with Crippen LogP contribution in [0.3, 0.4) is 0 Å². The highest BCUT2D eigenvalue weighted by Gasteiger charge is 2.24. The van der Waals surface area contributed by atoms with Crippen molar-refractivity contribution in [3.8, 4) is 11.5 Å². The molecule has 0 bridgehead atoms. The predicted molar refractivity (Wildman–Crippen MR) is 84.9 cm³/mol. The molecule has 0 aromatic heterocycles. The zero-order valence-corrected chi connectivity index (χ0v) is 13.8. The van der Waals surface area contributed by atoms with E-state index in [0.29, 0.717) is 25.4 Å². The Morgan fingerprint density at radius 3 is 2.41 bits per heavy atom. The SMILES string of the molecule is COc1ccccc1OCCOCC[NH+]1C[C@H](C)O[C@@H](C)C1. The molecule has 1 aliphatic rings. The van der Waals surface area contributed by atoms with Crippen LogP contribution < -0.4 is 14.4 Å². The van der Waals surface area contributed by atoms with Crippen LogP contribution in [0, 0.1) is 0 Å². The smallest absolute Gasteiger partial charge is 0.161 e. The van der Waals surface area contributed by atoms with E-state index in [4.69, 9.17) is 18.9 Å². The van der Waals surface area contributed by atoms with Crippen LogP contribution in [0.4, 0.5) is 0 Å². The molecular weight excluding hydrogens is 282 g/mol. The Morgan fingerprint density at radius 2 is 1.73 bits per heavy atom. The summed E-state index contributed by atoms with van der Waals surface area (Å²) in [5, 5.41) is 0. The number of quaternary nitrogens is 1. The van der Waals surface area contributed by atoms with E-state index in [1.54, 1.807) is 12.0 Å². The first kappa shape index (κ1) is 17.1. The van der Waals surface area contributed by atoms with Gasteiger partial charge in [-0.15, -0.1) is 0 Å². The Bertz CT molecular complexity index is 430. The maximum Gasteiger partial charge on any atom is 0.161 e. The highest BCUT2D eigenvalue weighted by molar-refractivity contribution is 5.39. The number of methoxy groups -OCH3 is 1. The van der Waals surface area contributed by atoms with E-state index in [9.17, 15) is 0 Å². The molecule has 5 heteroatoms. The van der Waals surface area contributed by atoms with Crippen molar-refractivity contribution in [2.75, 3.05) is 46.6 Å². The van der Waals surface area contributed by atoms with Gasteiger partial charge in [-0.05, 0) is 26.0 Å². The fourth-order valence-electron chi connectivity index (χ4n) is 2.86. The Labute approximate surface area is 133 Å². The summed E-state index contributed by atoms with van der Waals surface area (Å²) in [5.41, 5.74) is 0. The third-order valence-electron chi connectivity index (χ3n) is 3.77. The highest BCUT2D eigenvalue weighted by atomic mass is 16.5. The molecule has 0 spiro atoms. The second kappa shape index (κ2) is 8.98. The van der Waals surface area contributed by atoms with Gasteiger partial charge in [-0.1, -0.05) is 12.1 Å². The van der Waals surface area contributed by atoms with Crippen LogP contribution in [0.5, 0.6) is 11.5 Å². The van der Waals surface area contributed by atoms with Crippen LogP contribution >= 0.6 is 0 Å². The summed E-state index contributed by atoms with van der Waals surface area (Å²) >= 11 is 0. The predicted octanol–water partition coefficient (Wildman–Crippen LogP) is 0.783. The average Bonchev–Trinajstić information content (AvgIpc) is 2.50. The number of hydrogen-bond donors (Lipinski definition) is 1. The monoisotopic (exact) mass is 310 g/mol. The highest BCUT2D eigenvalue weighted by Crippen LogP contribution is 2.25. The molecule has 0 saturated carbocycles. The van der Waals surface area contributed by atoms with Crippen molar-refractivity contribution in [1.82, 2.24) is 0 Å². The number of rotatable bonds is 8. The van der Waals surface area contributed by atoms with Gasteiger partial charge in [0.15, 0.2) is 11.5 Å². The molecule has 2 atom stereocenters. The topological polar surface area (TPSA) is 41.4 Å². The van der Waals surface area contributed by atoms with Crippen molar-refractivity contribution in [2.24, 2.45) is 0 Å². The molecule has 22 heavy (non-hydrogen) atoms. The van der Waals surface area contributed by atoms with Crippen LogP contribution in [0.25, 0.3) is 0 Å². The first-order valence-electron chi connectivity index (χ1n) is 8.01. The maximum absolute atomic E-state index is 5.74. The fraction of sp³-hybridized carbons (Fsp3) is 0.647. The summed E-state index contributed by atoms with van der Waals surface area (Å²) < 4.78 is 22.3. The average molecular weight is 310 g/mol. The molecule has 1 heterocycles. The molecule has 1 fully saturated rings. The molecular formula is C17H28NO4+. The Balaban J connectivity index is 1.58. The standard InChI is InChI=1S/C17H27NO4/c1-14-12-18(13-15(2)22-14)8-9-20-10-11-21-17-7-5-4-6-16(17)19-3/h4-7,14-15H,8-13H2,1-3H3/p+1/t14-,15-/m0/s1. The van der Waals surface area contributed by atoms with Crippen LogP contribution in [0.1, 0.15) is 13.8 Å². The molecule has 1 N–H and O–H groups in total. The number of ether oxygens (including phenoxy) is 4. The third kappa shape index (κ3) is 5.48. The minimum atomic E-state index is 0.340. The van der Waals surface area contributed by atoms with Gasteiger partial charge in [-0.25, -0.2) is 0 Å². The first-order chi connectivity index (χ1) is 10.7.